The van der Waals surface area contributed by atoms with E-state index in [1.165, 1.54) is 12.1 Å². The van der Waals surface area contributed by atoms with Crippen LogP contribution in [0.1, 0.15) is 18.1 Å². The zero-order chi connectivity index (χ0) is 22.0. The fourth-order valence-electron chi connectivity index (χ4n) is 3.53. The van der Waals surface area contributed by atoms with Crippen molar-refractivity contribution in [3.63, 3.8) is 0 Å². The van der Waals surface area contributed by atoms with Crippen molar-refractivity contribution in [2.45, 2.75) is 20.0 Å². The van der Waals surface area contributed by atoms with Gasteiger partial charge in [-0.15, -0.1) is 0 Å². The van der Waals surface area contributed by atoms with Gasteiger partial charge in [0.1, 0.15) is 18.1 Å². The largest absolute Gasteiger partial charge is 0.465 e. The third-order valence-corrected chi connectivity index (χ3v) is 4.97. The van der Waals surface area contributed by atoms with Gasteiger partial charge in [-0.2, -0.15) is 0 Å². The minimum absolute atomic E-state index is 0.0250. The Morgan fingerprint density at radius 3 is 2.65 bits per heavy atom. The lowest BCUT2D eigenvalue weighted by Crippen LogP contribution is -2.30. The number of hydrogen-bond acceptors (Lipinski definition) is 4. The SMILES string of the molecule is CCOC(=O)Cn1cc(C=C2NC(=O)N(Cc3ccccc3F)C2=O)c2ccccc21. The van der Waals surface area contributed by atoms with Crippen LogP contribution in [-0.4, -0.2) is 34.0 Å². The van der Waals surface area contributed by atoms with E-state index in [0.717, 1.165) is 15.8 Å². The molecule has 2 aromatic carbocycles. The third kappa shape index (κ3) is 4.05. The molecule has 1 aromatic heterocycles. The third-order valence-electron chi connectivity index (χ3n) is 4.97. The van der Waals surface area contributed by atoms with Crippen molar-refractivity contribution in [2.24, 2.45) is 0 Å². The van der Waals surface area contributed by atoms with Crippen LogP contribution >= 0.6 is 0 Å². The highest BCUT2D eigenvalue weighted by atomic mass is 19.1. The van der Waals surface area contributed by atoms with Gasteiger partial charge in [-0.1, -0.05) is 36.4 Å². The van der Waals surface area contributed by atoms with Gasteiger partial charge < -0.3 is 14.6 Å². The molecular formula is C23H20FN3O4. The highest BCUT2D eigenvalue weighted by Gasteiger charge is 2.34. The average molecular weight is 421 g/mol. The smallest absolute Gasteiger partial charge is 0.329 e. The number of para-hydroxylation sites is 1. The Morgan fingerprint density at radius 1 is 1.13 bits per heavy atom. The van der Waals surface area contributed by atoms with Crippen LogP contribution < -0.4 is 5.32 Å². The van der Waals surface area contributed by atoms with Gasteiger partial charge in [0.15, 0.2) is 0 Å². The lowest BCUT2D eigenvalue weighted by molar-refractivity contribution is -0.143. The Balaban J connectivity index is 1.64. The van der Waals surface area contributed by atoms with Gasteiger partial charge >= 0.3 is 12.0 Å². The number of halogens is 1. The number of urea groups is 1. The van der Waals surface area contributed by atoms with Crippen LogP contribution in [0, 0.1) is 5.82 Å². The molecule has 1 aliphatic rings. The molecule has 8 heteroatoms. The number of aromatic nitrogens is 1. The van der Waals surface area contributed by atoms with Gasteiger partial charge in [-0.25, -0.2) is 9.18 Å². The van der Waals surface area contributed by atoms with Crippen molar-refractivity contribution < 1.29 is 23.5 Å². The summed E-state index contributed by atoms with van der Waals surface area (Å²) in [6.45, 7) is 1.88. The molecule has 0 atom stereocenters. The highest BCUT2D eigenvalue weighted by molar-refractivity contribution is 6.14. The molecular weight excluding hydrogens is 401 g/mol. The van der Waals surface area contributed by atoms with Crippen LogP contribution in [0.2, 0.25) is 0 Å². The van der Waals surface area contributed by atoms with E-state index in [9.17, 15) is 18.8 Å². The van der Waals surface area contributed by atoms with E-state index in [1.54, 1.807) is 35.9 Å². The van der Waals surface area contributed by atoms with Crippen LogP contribution in [0.25, 0.3) is 17.0 Å². The summed E-state index contributed by atoms with van der Waals surface area (Å²) in [7, 11) is 0. The Kier molecular flexibility index (Phi) is 5.53. The lowest BCUT2D eigenvalue weighted by Gasteiger charge is -2.12. The summed E-state index contributed by atoms with van der Waals surface area (Å²) in [6.07, 6.45) is 3.29. The van der Waals surface area contributed by atoms with E-state index >= 15 is 0 Å². The minimum Gasteiger partial charge on any atom is -0.465 e. The van der Waals surface area contributed by atoms with Crippen LogP contribution in [0.15, 0.2) is 60.4 Å². The van der Waals surface area contributed by atoms with Gasteiger partial charge in [0.2, 0.25) is 0 Å². The van der Waals surface area contributed by atoms with Crippen molar-refractivity contribution in [2.75, 3.05) is 6.61 Å². The Labute approximate surface area is 177 Å². The molecule has 3 aromatic rings. The number of imide groups is 1. The molecule has 1 aliphatic heterocycles. The van der Waals surface area contributed by atoms with Gasteiger partial charge in [0.05, 0.1) is 13.2 Å². The number of benzene rings is 2. The van der Waals surface area contributed by atoms with Crippen molar-refractivity contribution in [3.05, 3.63) is 77.4 Å². The number of esters is 1. The second-order valence-corrected chi connectivity index (χ2v) is 7.01. The summed E-state index contributed by atoms with van der Waals surface area (Å²) < 4.78 is 20.7. The highest BCUT2D eigenvalue weighted by Crippen LogP contribution is 2.25. The molecule has 0 unspecified atom stereocenters. The summed E-state index contributed by atoms with van der Waals surface area (Å²) in [5.74, 6) is -1.40. The second-order valence-electron chi connectivity index (χ2n) is 7.01. The van der Waals surface area contributed by atoms with Crippen molar-refractivity contribution in [3.8, 4) is 0 Å². The summed E-state index contributed by atoms with van der Waals surface area (Å²) in [4.78, 5) is 38.1. The molecule has 158 valence electrons. The number of amides is 3. The van der Waals surface area contributed by atoms with E-state index < -0.39 is 17.8 Å². The van der Waals surface area contributed by atoms with Crippen molar-refractivity contribution >= 4 is 34.9 Å². The van der Waals surface area contributed by atoms with Crippen LogP contribution in [0.5, 0.6) is 0 Å². The first-order valence-corrected chi connectivity index (χ1v) is 9.79. The van der Waals surface area contributed by atoms with Gasteiger partial charge in [0, 0.05) is 28.2 Å². The zero-order valence-electron chi connectivity index (χ0n) is 16.8. The van der Waals surface area contributed by atoms with Crippen LogP contribution in [0.4, 0.5) is 9.18 Å². The zero-order valence-corrected chi connectivity index (χ0v) is 16.8. The maximum absolute atomic E-state index is 14.0. The summed E-state index contributed by atoms with van der Waals surface area (Å²) in [6, 6.07) is 12.8. The summed E-state index contributed by atoms with van der Waals surface area (Å²) >= 11 is 0. The summed E-state index contributed by atoms with van der Waals surface area (Å²) in [5, 5.41) is 3.37. The number of rotatable bonds is 6. The number of hydrogen-bond donors (Lipinski definition) is 1. The molecule has 7 nitrogen and oxygen atoms in total. The molecule has 0 aliphatic carbocycles. The fraction of sp³-hybridized carbons (Fsp3) is 0.174. The maximum atomic E-state index is 14.0. The molecule has 2 heterocycles. The van der Waals surface area contributed by atoms with E-state index in [2.05, 4.69) is 5.32 Å². The molecule has 31 heavy (non-hydrogen) atoms. The van der Waals surface area contributed by atoms with E-state index in [0.29, 0.717) is 5.56 Å². The predicted molar refractivity (Wildman–Crippen MR) is 112 cm³/mol. The molecule has 0 saturated carbocycles. The summed E-state index contributed by atoms with van der Waals surface area (Å²) in [5.41, 5.74) is 1.79. The number of nitrogens with one attached hydrogen (secondary N) is 1. The Morgan fingerprint density at radius 2 is 1.87 bits per heavy atom. The molecule has 4 rings (SSSR count). The quantitative estimate of drug-likeness (QED) is 0.376. The first-order chi connectivity index (χ1) is 15.0. The lowest BCUT2D eigenvalue weighted by atomic mass is 10.1. The van der Waals surface area contributed by atoms with Gasteiger partial charge in [-0.05, 0) is 25.1 Å². The molecule has 0 radical (unpaired) electrons. The number of carbonyl (C=O) groups is 3. The second kappa shape index (κ2) is 8.43. The molecule has 1 fully saturated rings. The Hall–Kier alpha value is -3.94. The van der Waals surface area contributed by atoms with Crippen LogP contribution in [0.3, 0.4) is 0 Å². The van der Waals surface area contributed by atoms with Crippen molar-refractivity contribution in [1.82, 2.24) is 14.8 Å². The number of ether oxygens (including phenoxy) is 1. The normalized spacial score (nSPS) is 15.0. The number of fused-ring (bicyclic) bond motifs is 1. The Bertz CT molecular complexity index is 1210. The topological polar surface area (TPSA) is 80.6 Å². The first-order valence-electron chi connectivity index (χ1n) is 9.79. The number of carbonyl (C=O) groups excluding carboxylic acids is 3. The molecule has 1 N–H and O–H groups in total. The predicted octanol–water partition coefficient (Wildman–Crippen LogP) is 3.44. The molecule has 3 amide bonds. The number of nitrogens with zero attached hydrogens (tertiary/aromatic N) is 2. The first kappa shape index (κ1) is 20.3. The monoisotopic (exact) mass is 421 g/mol. The minimum atomic E-state index is -0.616. The standard InChI is InChI=1S/C23H20FN3O4/c1-2-31-21(28)14-26-12-16(17-8-4-6-10-20(17)26)11-19-22(29)27(23(30)25-19)13-15-7-3-5-9-18(15)24/h3-12H,2,13-14H2,1H3,(H,25,30). The molecule has 0 spiro atoms. The van der Waals surface area contributed by atoms with E-state index in [1.807, 2.05) is 24.3 Å². The van der Waals surface area contributed by atoms with Gasteiger partial charge in [0.25, 0.3) is 5.91 Å². The average Bonchev–Trinajstić information content (AvgIpc) is 3.22. The van der Waals surface area contributed by atoms with Crippen LogP contribution in [-0.2, 0) is 27.4 Å². The van der Waals surface area contributed by atoms with E-state index in [4.69, 9.17) is 4.74 Å². The van der Waals surface area contributed by atoms with E-state index in [-0.39, 0.29) is 36.9 Å². The maximum Gasteiger partial charge on any atom is 0.329 e. The fourth-order valence-corrected chi connectivity index (χ4v) is 3.53. The van der Waals surface area contributed by atoms with Crippen molar-refractivity contribution in [1.29, 1.82) is 0 Å². The molecule has 0 bridgehead atoms. The molecule has 1 saturated heterocycles. The van der Waals surface area contributed by atoms with Gasteiger partial charge in [-0.3, -0.25) is 14.5 Å².